The van der Waals surface area contributed by atoms with E-state index in [9.17, 15) is 19.2 Å². The van der Waals surface area contributed by atoms with Gasteiger partial charge in [-0.15, -0.1) is 0 Å². The third kappa shape index (κ3) is 6.04. The first-order chi connectivity index (χ1) is 16.2. The van der Waals surface area contributed by atoms with Crippen LogP contribution in [-0.2, 0) is 28.7 Å². The number of nitrogens with one attached hydrogen (secondary N) is 1. The number of aliphatic imine (C=N–C) groups is 1. The maximum Gasteiger partial charge on any atom is 0.347 e. The van der Waals surface area contributed by atoms with Crippen molar-refractivity contribution in [3.63, 3.8) is 0 Å². The normalized spacial score (nSPS) is 14.8. The summed E-state index contributed by atoms with van der Waals surface area (Å²) in [5.74, 6) is -3.12. The smallest absolute Gasteiger partial charge is 0.347 e. The van der Waals surface area contributed by atoms with E-state index in [4.69, 9.17) is 9.84 Å². The van der Waals surface area contributed by atoms with Gasteiger partial charge in [-0.05, 0) is 41.9 Å². The van der Waals surface area contributed by atoms with Gasteiger partial charge in [0, 0.05) is 25.4 Å². The van der Waals surface area contributed by atoms with Gasteiger partial charge in [0.25, 0.3) is 0 Å². The SMILES string of the molecule is CC(OC(=O)C(C)OC(=O)CCC(=O)N1CCN=C1Nc1ccc2nccnc2c1Br)C(=O)O. The number of ether oxygens (including phenoxy) is 2. The lowest BCUT2D eigenvalue weighted by Crippen LogP contribution is -2.38. The van der Waals surface area contributed by atoms with E-state index in [0.717, 1.165) is 0 Å². The highest BCUT2D eigenvalue weighted by atomic mass is 79.9. The largest absolute Gasteiger partial charge is 0.479 e. The number of anilines is 1. The van der Waals surface area contributed by atoms with Gasteiger partial charge >= 0.3 is 17.9 Å². The number of benzene rings is 1. The molecule has 2 unspecified atom stereocenters. The predicted molar refractivity (Wildman–Crippen MR) is 123 cm³/mol. The maximum atomic E-state index is 12.7. The van der Waals surface area contributed by atoms with E-state index < -0.39 is 30.1 Å². The van der Waals surface area contributed by atoms with Gasteiger partial charge in [0.15, 0.2) is 12.2 Å². The molecule has 34 heavy (non-hydrogen) atoms. The molecule has 0 aliphatic carbocycles. The second-order valence-corrected chi connectivity index (χ2v) is 8.07. The Morgan fingerprint density at radius 3 is 2.59 bits per heavy atom. The number of carboxylic acid groups (broad SMARTS) is 1. The van der Waals surface area contributed by atoms with Crippen LogP contribution in [0.4, 0.5) is 5.69 Å². The Balaban J connectivity index is 1.53. The van der Waals surface area contributed by atoms with Crippen LogP contribution in [0.1, 0.15) is 26.7 Å². The van der Waals surface area contributed by atoms with Gasteiger partial charge in [-0.2, -0.15) is 0 Å². The molecule has 1 aromatic carbocycles. The van der Waals surface area contributed by atoms with Crippen molar-refractivity contribution in [1.29, 1.82) is 0 Å². The van der Waals surface area contributed by atoms with E-state index in [1.54, 1.807) is 24.5 Å². The first-order valence-electron chi connectivity index (χ1n) is 10.3. The Bertz CT molecular complexity index is 1160. The minimum Gasteiger partial charge on any atom is -0.479 e. The molecule has 1 aliphatic rings. The van der Waals surface area contributed by atoms with Gasteiger partial charge in [-0.3, -0.25) is 29.4 Å². The van der Waals surface area contributed by atoms with Crippen LogP contribution in [0.3, 0.4) is 0 Å². The highest BCUT2D eigenvalue weighted by molar-refractivity contribution is 9.10. The van der Waals surface area contributed by atoms with Crippen molar-refractivity contribution in [1.82, 2.24) is 14.9 Å². The summed E-state index contributed by atoms with van der Waals surface area (Å²) in [6, 6.07) is 3.57. The van der Waals surface area contributed by atoms with E-state index in [0.29, 0.717) is 40.2 Å². The summed E-state index contributed by atoms with van der Waals surface area (Å²) in [6.45, 7) is 3.18. The van der Waals surface area contributed by atoms with Crippen molar-refractivity contribution >= 4 is 62.4 Å². The molecule has 1 aliphatic heterocycles. The number of esters is 2. The molecule has 0 radical (unpaired) electrons. The monoisotopic (exact) mass is 535 g/mol. The quantitative estimate of drug-likeness (QED) is 0.476. The summed E-state index contributed by atoms with van der Waals surface area (Å²) < 4.78 is 10.3. The number of carbonyl (C=O) groups excluding carboxylic acids is 3. The predicted octanol–water partition coefficient (Wildman–Crippen LogP) is 1.73. The van der Waals surface area contributed by atoms with Crippen LogP contribution in [0.25, 0.3) is 11.0 Å². The highest BCUT2D eigenvalue weighted by Gasteiger charge is 2.27. The van der Waals surface area contributed by atoms with Gasteiger partial charge in [-0.25, -0.2) is 9.59 Å². The third-order valence-electron chi connectivity index (χ3n) is 4.79. The molecular weight excluding hydrogens is 514 g/mol. The van der Waals surface area contributed by atoms with Crippen molar-refractivity contribution in [2.45, 2.75) is 38.9 Å². The van der Waals surface area contributed by atoms with Crippen LogP contribution in [0, 0.1) is 0 Å². The van der Waals surface area contributed by atoms with Crippen LogP contribution in [0.2, 0.25) is 0 Å². The molecule has 1 aromatic heterocycles. The topological polar surface area (TPSA) is 160 Å². The Hall–Kier alpha value is -3.61. The van der Waals surface area contributed by atoms with Crippen molar-refractivity contribution < 1.29 is 33.8 Å². The molecule has 2 aromatic rings. The minimum absolute atomic E-state index is 0.169. The molecule has 0 spiro atoms. The zero-order valence-corrected chi connectivity index (χ0v) is 19.9. The number of halogens is 1. The Morgan fingerprint density at radius 1 is 1.12 bits per heavy atom. The van der Waals surface area contributed by atoms with Crippen molar-refractivity contribution in [2.24, 2.45) is 4.99 Å². The van der Waals surface area contributed by atoms with E-state index in [1.807, 2.05) is 0 Å². The summed E-state index contributed by atoms with van der Waals surface area (Å²) >= 11 is 3.50. The number of aromatic nitrogens is 2. The van der Waals surface area contributed by atoms with Gasteiger partial charge in [0.2, 0.25) is 11.9 Å². The Kier molecular flexibility index (Phi) is 8.10. The number of amides is 1. The number of carboxylic acids is 1. The first-order valence-corrected chi connectivity index (χ1v) is 11.1. The summed E-state index contributed by atoms with van der Waals surface area (Å²) in [6.07, 6.45) is 0.0516. The second kappa shape index (κ2) is 11.0. The first kappa shape index (κ1) is 25.0. The number of aliphatic carboxylic acids is 1. The molecule has 180 valence electrons. The van der Waals surface area contributed by atoms with Gasteiger partial charge in [0.1, 0.15) is 5.52 Å². The van der Waals surface area contributed by atoms with E-state index >= 15 is 0 Å². The highest BCUT2D eigenvalue weighted by Crippen LogP contribution is 2.29. The van der Waals surface area contributed by atoms with Crippen molar-refractivity contribution in [3.05, 3.63) is 29.0 Å². The number of carbonyl (C=O) groups is 4. The lowest BCUT2D eigenvalue weighted by Gasteiger charge is -2.20. The fourth-order valence-corrected chi connectivity index (χ4v) is 3.52. The lowest BCUT2D eigenvalue weighted by atomic mass is 10.2. The standard InChI is InChI=1S/C21H22BrN5O7/c1-11(19(30)31)34-20(32)12(2)33-16(29)6-5-15(28)27-10-9-25-21(27)26-13-3-4-14-18(17(13)22)24-8-7-23-14/h3-4,7-8,11-12H,5-6,9-10H2,1-2H3,(H,25,26)(H,30,31). The Labute approximate surface area is 202 Å². The zero-order chi connectivity index (χ0) is 24.8. The number of nitrogens with zero attached hydrogens (tertiary/aromatic N) is 4. The molecule has 0 fully saturated rings. The fraction of sp³-hybridized carbons (Fsp3) is 0.381. The van der Waals surface area contributed by atoms with Crippen LogP contribution >= 0.6 is 15.9 Å². The second-order valence-electron chi connectivity index (χ2n) is 7.28. The fourth-order valence-electron chi connectivity index (χ4n) is 2.99. The molecule has 12 nitrogen and oxygen atoms in total. The van der Waals surface area contributed by atoms with Crippen LogP contribution in [-0.4, -0.2) is 75.0 Å². The van der Waals surface area contributed by atoms with Crippen LogP contribution < -0.4 is 5.32 Å². The van der Waals surface area contributed by atoms with Gasteiger partial charge in [-0.1, -0.05) is 0 Å². The van der Waals surface area contributed by atoms with E-state index in [1.165, 1.54) is 18.7 Å². The number of hydrogen-bond donors (Lipinski definition) is 2. The lowest BCUT2D eigenvalue weighted by molar-refractivity contribution is -0.175. The minimum atomic E-state index is -1.37. The molecule has 1 amide bonds. The van der Waals surface area contributed by atoms with E-state index in [-0.39, 0.29) is 18.7 Å². The molecule has 2 atom stereocenters. The Morgan fingerprint density at radius 2 is 1.85 bits per heavy atom. The number of rotatable bonds is 8. The number of fused-ring (bicyclic) bond motifs is 1. The molecule has 0 bridgehead atoms. The van der Waals surface area contributed by atoms with Gasteiger partial charge < -0.3 is 19.9 Å². The summed E-state index contributed by atoms with van der Waals surface area (Å²) in [4.78, 5) is 61.6. The molecule has 3 rings (SSSR count). The number of hydrogen-bond acceptors (Lipinski definition) is 10. The van der Waals surface area contributed by atoms with E-state index in [2.05, 4.69) is 40.9 Å². The molecule has 2 N–H and O–H groups in total. The van der Waals surface area contributed by atoms with Crippen molar-refractivity contribution in [3.8, 4) is 0 Å². The molecule has 0 saturated heterocycles. The average Bonchev–Trinajstić information content (AvgIpc) is 3.27. The maximum absolute atomic E-state index is 12.7. The molecular formula is C21H22BrN5O7. The van der Waals surface area contributed by atoms with Crippen LogP contribution in [0.15, 0.2) is 34.0 Å². The summed E-state index contributed by atoms with van der Waals surface area (Å²) in [7, 11) is 0. The zero-order valence-electron chi connectivity index (χ0n) is 18.4. The summed E-state index contributed by atoms with van der Waals surface area (Å²) in [5.41, 5.74) is 2.00. The average molecular weight is 536 g/mol. The third-order valence-corrected chi connectivity index (χ3v) is 5.59. The number of guanidine groups is 1. The summed E-state index contributed by atoms with van der Waals surface area (Å²) in [5, 5.41) is 11.9. The van der Waals surface area contributed by atoms with Gasteiger partial charge in [0.05, 0.1) is 28.6 Å². The molecule has 2 heterocycles. The molecule has 13 heteroatoms. The van der Waals surface area contributed by atoms with Crippen molar-refractivity contribution in [2.75, 3.05) is 18.4 Å². The van der Waals surface area contributed by atoms with Crippen LogP contribution in [0.5, 0.6) is 0 Å². The molecule has 0 saturated carbocycles.